The van der Waals surface area contributed by atoms with E-state index in [-0.39, 0.29) is 12.1 Å². The van der Waals surface area contributed by atoms with Crippen LogP contribution in [-0.4, -0.2) is 6.61 Å². The van der Waals surface area contributed by atoms with Crippen molar-refractivity contribution in [1.29, 1.82) is 0 Å². The first kappa shape index (κ1) is 15.9. The Morgan fingerprint density at radius 1 is 1.00 bits per heavy atom. The Labute approximate surface area is 132 Å². The van der Waals surface area contributed by atoms with Gasteiger partial charge in [-0.05, 0) is 56.2 Å². The maximum atomic E-state index is 6.05. The summed E-state index contributed by atoms with van der Waals surface area (Å²) in [6.07, 6.45) is 0. The molecule has 0 aliphatic carbocycles. The summed E-state index contributed by atoms with van der Waals surface area (Å²) in [5.41, 5.74) is 2.44. The molecule has 0 saturated heterocycles. The molecular weight excluding hydrogens is 282 g/mol. The summed E-state index contributed by atoms with van der Waals surface area (Å²) < 4.78 is 5.47. The zero-order valence-corrected chi connectivity index (χ0v) is 13.5. The molecule has 112 valence electrons. The summed E-state index contributed by atoms with van der Waals surface area (Å²) in [5.74, 6) is 0.913. The average molecular weight is 304 g/mol. The Morgan fingerprint density at radius 2 is 1.67 bits per heavy atom. The number of hydrogen-bond acceptors (Lipinski definition) is 2. The zero-order valence-electron chi connectivity index (χ0n) is 12.8. The molecule has 0 spiro atoms. The normalized spacial score (nSPS) is 13.7. The SMILES string of the molecule is CCOc1ccc(C(C)NC(C)c2cccc(Cl)c2)cc1. The molecule has 0 fully saturated rings. The van der Waals surface area contributed by atoms with E-state index in [1.807, 2.05) is 37.3 Å². The van der Waals surface area contributed by atoms with Crippen LogP contribution in [0.15, 0.2) is 48.5 Å². The molecule has 0 bridgehead atoms. The van der Waals surface area contributed by atoms with Crippen LogP contribution in [-0.2, 0) is 0 Å². The van der Waals surface area contributed by atoms with E-state index in [4.69, 9.17) is 16.3 Å². The van der Waals surface area contributed by atoms with Gasteiger partial charge >= 0.3 is 0 Å². The van der Waals surface area contributed by atoms with Gasteiger partial charge in [0.15, 0.2) is 0 Å². The molecule has 2 rings (SSSR count). The van der Waals surface area contributed by atoms with E-state index in [0.717, 1.165) is 10.8 Å². The molecule has 2 atom stereocenters. The minimum absolute atomic E-state index is 0.241. The first-order valence-corrected chi connectivity index (χ1v) is 7.72. The van der Waals surface area contributed by atoms with Gasteiger partial charge in [-0.1, -0.05) is 35.9 Å². The highest BCUT2D eigenvalue weighted by Gasteiger charge is 2.11. The van der Waals surface area contributed by atoms with Crippen LogP contribution in [0.25, 0.3) is 0 Å². The third-order valence-corrected chi connectivity index (χ3v) is 3.77. The van der Waals surface area contributed by atoms with Crippen molar-refractivity contribution in [3.05, 3.63) is 64.7 Å². The Bertz CT molecular complexity index is 568. The summed E-state index contributed by atoms with van der Waals surface area (Å²) in [6, 6.07) is 16.7. The predicted molar refractivity (Wildman–Crippen MR) is 89.0 cm³/mol. The minimum Gasteiger partial charge on any atom is -0.494 e. The molecule has 3 heteroatoms. The molecule has 0 radical (unpaired) electrons. The van der Waals surface area contributed by atoms with E-state index < -0.39 is 0 Å². The van der Waals surface area contributed by atoms with Crippen LogP contribution in [0.2, 0.25) is 5.02 Å². The standard InChI is InChI=1S/C18H22ClNO/c1-4-21-18-10-8-15(9-11-18)13(2)20-14(3)16-6-5-7-17(19)12-16/h5-14,20H,4H2,1-3H3. The summed E-state index contributed by atoms with van der Waals surface area (Å²) >= 11 is 6.05. The molecule has 21 heavy (non-hydrogen) atoms. The Kier molecular flexibility index (Phi) is 5.66. The van der Waals surface area contributed by atoms with E-state index in [2.05, 4.69) is 37.4 Å². The van der Waals surface area contributed by atoms with Crippen LogP contribution < -0.4 is 10.1 Å². The van der Waals surface area contributed by atoms with E-state index in [9.17, 15) is 0 Å². The Hall–Kier alpha value is -1.51. The van der Waals surface area contributed by atoms with Crippen molar-refractivity contribution in [3.63, 3.8) is 0 Å². The summed E-state index contributed by atoms with van der Waals surface area (Å²) in [4.78, 5) is 0. The molecule has 2 aromatic carbocycles. The highest BCUT2D eigenvalue weighted by Crippen LogP contribution is 2.23. The van der Waals surface area contributed by atoms with Crippen molar-refractivity contribution >= 4 is 11.6 Å². The van der Waals surface area contributed by atoms with Crippen LogP contribution in [0.1, 0.15) is 44.0 Å². The van der Waals surface area contributed by atoms with E-state index in [0.29, 0.717) is 6.61 Å². The molecule has 2 nitrogen and oxygen atoms in total. The highest BCUT2D eigenvalue weighted by atomic mass is 35.5. The van der Waals surface area contributed by atoms with Crippen LogP contribution >= 0.6 is 11.6 Å². The fourth-order valence-corrected chi connectivity index (χ4v) is 2.56. The van der Waals surface area contributed by atoms with Gasteiger partial charge in [-0.3, -0.25) is 0 Å². The maximum absolute atomic E-state index is 6.05. The lowest BCUT2D eigenvalue weighted by Crippen LogP contribution is -2.22. The molecule has 0 amide bonds. The van der Waals surface area contributed by atoms with Gasteiger partial charge in [0.1, 0.15) is 5.75 Å². The van der Waals surface area contributed by atoms with Gasteiger partial charge in [0.25, 0.3) is 0 Å². The molecule has 1 N–H and O–H groups in total. The second-order valence-electron chi connectivity index (χ2n) is 5.17. The van der Waals surface area contributed by atoms with Gasteiger partial charge in [0.2, 0.25) is 0 Å². The first-order valence-electron chi connectivity index (χ1n) is 7.34. The lowest BCUT2D eigenvalue weighted by Gasteiger charge is -2.21. The van der Waals surface area contributed by atoms with E-state index in [1.165, 1.54) is 11.1 Å². The van der Waals surface area contributed by atoms with Gasteiger partial charge in [0, 0.05) is 17.1 Å². The molecule has 0 aliphatic rings. The number of hydrogen-bond donors (Lipinski definition) is 1. The van der Waals surface area contributed by atoms with Crippen LogP contribution in [0.5, 0.6) is 5.75 Å². The van der Waals surface area contributed by atoms with E-state index in [1.54, 1.807) is 0 Å². The number of nitrogens with one attached hydrogen (secondary N) is 1. The highest BCUT2D eigenvalue weighted by molar-refractivity contribution is 6.30. The van der Waals surface area contributed by atoms with E-state index >= 15 is 0 Å². The number of benzene rings is 2. The third-order valence-electron chi connectivity index (χ3n) is 3.54. The second kappa shape index (κ2) is 7.48. The Balaban J connectivity index is 2.01. The summed E-state index contributed by atoms with van der Waals surface area (Å²) in [6.45, 7) is 7.00. The number of rotatable bonds is 6. The van der Waals surface area contributed by atoms with Crippen molar-refractivity contribution in [3.8, 4) is 5.75 Å². The summed E-state index contributed by atoms with van der Waals surface area (Å²) in [5, 5.41) is 4.36. The van der Waals surface area contributed by atoms with Crippen LogP contribution in [0, 0.1) is 0 Å². The van der Waals surface area contributed by atoms with Crippen molar-refractivity contribution < 1.29 is 4.74 Å². The van der Waals surface area contributed by atoms with Gasteiger partial charge < -0.3 is 10.1 Å². The molecule has 0 saturated carbocycles. The number of ether oxygens (including phenoxy) is 1. The van der Waals surface area contributed by atoms with Gasteiger partial charge in [-0.25, -0.2) is 0 Å². The van der Waals surface area contributed by atoms with Crippen molar-refractivity contribution in [2.75, 3.05) is 6.61 Å². The third kappa shape index (κ3) is 4.48. The van der Waals surface area contributed by atoms with Gasteiger partial charge in [0.05, 0.1) is 6.61 Å². The summed E-state index contributed by atoms with van der Waals surface area (Å²) in [7, 11) is 0. The fourth-order valence-electron chi connectivity index (χ4n) is 2.36. The lowest BCUT2D eigenvalue weighted by atomic mass is 10.0. The smallest absolute Gasteiger partial charge is 0.119 e. The predicted octanol–water partition coefficient (Wildman–Crippen LogP) is 5.15. The molecule has 0 aromatic heterocycles. The number of halogens is 1. The van der Waals surface area contributed by atoms with Crippen molar-refractivity contribution in [2.45, 2.75) is 32.9 Å². The van der Waals surface area contributed by atoms with Crippen LogP contribution in [0.3, 0.4) is 0 Å². The fraction of sp³-hybridized carbons (Fsp3) is 0.333. The lowest BCUT2D eigenvalue weighted by molar-refractivity contribution is 0.340. The van der Waals surface area contributed by atoms with Crippen LogP contribution in [0.4, 0.5) is 0 Å². The Morgan fingerprint density at radius 3 is 2.29 bits per heavy atom. The minimum atomic E-state index is 0.241. The quantitative estimate of drug-likeness (QED) is 0.796. The van der Waals surface area contributed by atoms with Crippen molar-refractivity contribution in [1.82, 2.24) is 5.32 Å². The first-order chi connectivity index (χ1) is 10.1. The molecular formula is C18H22ClNO. The molecule has 2 unspecified atom stereocenters. The van der Waals surface area contributed by atoms with Gasteiger partial charge in [-0.2, -0.15) is 0 Å². The van der Waals surface area contributed by atoms with Crippen molar-refractivity contribution in [2.24, 2.45) is 0 Å². The zero-order chi connectivity index (χ0) is 15.2. The topological polar surface area (TPSA) is 21.3 Å². The van der Waals surface area contributed by atoms with Gasteiger partial charge in [-0.15, -0.1) is 0 Å². The molecule has 0 heterocycles. The second-order valence-corrected chi connectivity index (χ2v) is 5.60. The molecule has 2 aromatic rings. The average Bonchev–Trinajstić information content (AvgIpc) is 2.48. The largest absolute Gasteiger partial charge is 0.494 e. The monoisotopic (exact) mass is 303 g/mol. The maximum Gasteiger partial charge on any atom is 0.119 e. The molecule has 0 aliphatic heterocycles.